The van der Waals surface area contributed by atoms with Gasteiger partial charge in [-0.25, -0.2) is 0 Å². The van der Waals surface area contributed by atoms with Gasteiger partial charge in [0.25, 0.3) is 0 Å². The van der Waals surface area contributed by atoms with Crippen molar-refractivity contribution < 1.29 is 0 Å². The minimum absolute atomic E-state index is 0. The number of halogens is 1. The molecule has 108 valence electrons. The van der Waals surface area contributed by atoms with E-state index in [1.807, 2.05) is 6.07 Å². The van der Waals surface area contributed by atoms with Gasteiger partial charge in [-0.2, -0.15) is 0 Å². The first-order chi connectivity index (χ1) is 9.31. The van der Waals surface area contributed by atoms with Crippen molar-refractivity contribution in [2.24, 2.45) is 5.73 Å². The van der Waals surface area contributed by atoms with Crippen molar-refractivity contribution in [3.8, 4) is 11.1 Å². The molecule has 2 aromatic rings. The Kier molecular flexibility index (Phi) is 7.35. The van der Waals surface area contributed by atoms with Gasteiger partial charge in [0.1, 0.15) is 0 Å². The summed E-state index contributed by atoms with van der Waals surface area (Å²) in [6.07, 6.45) is 4.83. The molecule has 0 fully saturated rings. The van der Waals surface area contributed by atoms with E-state index < -0.39 is 0 Å². The minimum atomic E-state index is 0. The Morgan fingerprint density at radius 2 is 1.45 bits per heavy atom. The Morgan fingerprint density at radius 3 is 2.05 bits per heavy atom. The molecule has 2 rings (SSSR count). The van der Waals surface area contributed by atoms with Crippen LogP contribution in [0.15, 0.2) is 54.6 Å². The second kappa shape index (κ2) is 8.78. The molecule has 1 nitrogen and oxygen atoms in total. The van der Waals surface area contributed by atoms with Gasteiger partial charge in [0.15, 0.2) is 0 Å². The highest BCUT2D eigenvalue weighted by Crippen LogP contribution is 2.23. The predicted octanol–water partition coefficient (Wildman–Crippen LogP) is 5.36. The number of rotatable bonds is 6. The first-order valence-corrected chi connectivity index (χ1v) is 7.22. The Balaban J connectivity index is 0.00000200. The van der Waals surface area contributed by atoms with E-state index in [1.54, 1.807) is 0 Å². The summed E-state index contributed by atoms with van der Waals surface area (Å²) in [4.78, 5) is 0. The lowest BCUT2D eigenvalue weighted by atomic mass is 9.98. The number of nitrogens with two attached hydrogens (primary N) is 1. The van der Waals surface area contributed by atoms with E-state index in [9.17, 15) is 0 Å². The fourth-order valence-corrected chi connectivity index (χ4v) is 2.33. The summed E-state index contributed by atoms with van der Waals surface area (Å²) in [5.41, 5.74) is 9.98. The highest BCUT2D eigenvalue weighted by atomic mass is 35.5. The zero-order valence-electron chi connectivity index (χ0n) is 12.1. The SMILES string of the molecule is CCCCC[C@H](N)c1ccc(-c2ccccc2)cc1.Cl. The van der Waals surface area contributed by atoms with Crippen LogP contribution in [0.2, 0.25) is 0 Å². The molecular weight excluding hydrogens is 266 g/mol. The van der Waals surface area contributed by atoms with Crippen LogP contribution in [0, 0.1) is 0 Å². The average molecular weight is 290 g/mol. The van der Waals surface area contributed by atoms with Crippen molar-refractivity contribution in [1.82, 2.24) is 0 Å². The van der Waals surface area contributed by atoms with E-state index in [-0.39, 0.29) is 18.4 Å². The molecular formula is C18H24ClN. The van der Waals surface area contributed by atoms with Crippen LogP contribution in [-0.4, -0.2) is 0 Å². The molecule has 2 heteroatoms. The first-order valence-electron chi connectivity index (χ1n) is 7.22. The molecule has 2 N–H and O–H groups in total. The van der Waals surface area contributed by atoms with Crippen molar-refractivity contribution >= 4 is 12.4 Å². The number of hydrogen-bond acceptors (Lipinski definition) is 1. The zero-order chi connectivity index (χ0) is 13.5. The third kappa shape index (κ3) is 4.66. The van der Waals surface area contributed by atoms with Crippen LogP contribution >= 0.6 is 12.4 Å². The van der Waals surface area contributed by atoms with E-state index in [2.05, 4.69) is 55.5 Å². The van der Waals surface area contributed by atoms with Gasteiger partial charge in [0.2, 0.25) is 0 Å². The molecule has 0 aliphatic heterocycles. The molecule has 0 aromatic heterocycles. The summed E-state index contributed by atoms with van der Waals surface area (Å²) >= 11 is 0. The largest absolute Gasteiger partial charge is 0.324 e. The number of unbranched alkanes of at least 4 members (excludes halogenated alkanes) is 2. The normalized spacial score (nSPS) is 11.7. The van der Waals surface area contributed by atoms with E-state index in [0.29, 0.717) is 0 Å². The molecule has 0 heterocycles. The first kappa shape index (κ1) is 16.7. The molecule has 20 heavy (non-hydrogen) atoms. The maximum Gasteiger partial charge on any atom is 0.0294 e. The highest BCUT2D eigenvalue weighted by molar-refractivity contribution is 5.85. The maximum atomic E-state index is 6.22. The van der Waals surface area contributed by atoms with Crippen molar-refractivity contribution in [2.45, 2.75) is 38.6 Å². The van der Waals surface area contributed by atoms with E-state index in [0.717, 1.165) is 6.42 Å². The van der Waals surface area contributed by atoms with Crippen LogP contribution < -0.4 is 5.73 Å². The lowest BCUT2D eigenvalue weighted by molar-refractivity contribution is 0.581. The molecule has 0 amide bonds. The Labute approximate surface area is 128 Å². The number of benzene rings is 2. The van der Waals surface area contributed by atoms with Crippen LogP contribution in [0.1, 0.15) is 44.2 Å². The van der Waals surface area contributed by atoms with Crippen LogP contribution in [0.25, 0.3) is 11.1 Å². The molecule has 0 radical (unpaired) electrons. The van der Waals surface area contributed by atoms with Crippen molar-refractivity contribution in [3.63, 3.8) is 0 Å². The third-order valence-corrected chi connectivity index (χ3v) is 3.56. The van der Waals surface area contributed by atoms with Gasteiger partial charge in [0, 0.05) is 6.04 Å². The second-order valence-electron chi connectivity index (χ2n) is 5.09. The van der Waals surface area contributed by atoms with Crippen LogP contribution in [0.3, 0.4) is 0 Å². The highest BCUT2D eigenvalue weighted by Gasteiger charge is 2.05. The molecule has 0 saturated heterocycles. The summed E-state index contributed by atoms with van der Waals surface area (Å²) in [5, 5.41) is 0. The van der Waals surface area contributed by atoms with Crippen LogP contribution in [0.5, 0.6) is 0 Å². The maximum absolute atomic E-state index is 6.22. The average Bonchev–Trinajstić information content (AvgIpc) is 2.48. The Morgan fingerprint density at radius 1 is 0.850 bits per heavy atom. The summed E-state index contributed by atoms with van der Waals surface area (Å²) < 4.78 is 0. The molecule has 0 aliphatic rings. The predicted molar refractivity (Wildman–Crippen MR) is 90.2 cm³/mol. The fraction of sp³-hybridized carbons (Fsp3) is 0.333. The Bertz CT molecular complexity index is 479. The molecule has 2 aromatic carbocycles. The van der Waals surface area contributed by atoms with Gasteiger partial charge in [-0.05, 0) is 23.1 Å². The van der Waals surface area contributed by atoms with Crippen LogP contribution in [0.4, 0.5) is 0 Å². The Hall–Kier alpha value is -1.31. The molecule has 0 unspecified atom stereocenters. The standard InChI is InChI=1S/C18H23N.ClH/c1-2-3-5-10-18(19)17-13-11-16(12-14-17)15-8-6-4-7-9-15;/h4,6-9,11-14,18H,2-3,5,10,19H2,1H3;1H/t18-;/m0./s1. The topological polar surface area (TPSA) is 26.0 Å². The lowest BCUT2D eigenvalue weighted by Gasteiger charge is -2.12. The zero-order valence-corrected chi connectivity index (χ0v) is 12.9. The quantitative estimate of drug-likeness (QED) is 0.712. The summed E-state index contributed by atoms with van der Waals surface area (Å²) in [6, 6.07) is 19.3. The molecule has 0 bridgehead atoms. The number of hydrogen-bond donors (Lipinski definition) is 1. The smallest absolute Gasteiger partial charge is 0.0294 e. The summed E-state index contributed by atoms with van der Waals surface area (Å²) in [6.45, 7) is 2.22. The van der Waals surface area contributed by atoms with E-state index in [1.165, 1.54) is 36.0 Å². The second-order valence-corrected chi connectivity index (χ2v) is 5.09. The van der Waals surface area contributed by atoms with Crippen molar-refractivity contribution in [3.05, 3.63) is 60.2 Å². The van der Waals surface area contributed by atoms with Crippen molar-refractivity contribution in [1.29, 1.82) is 0 Å². The third-order valence-electron chi connectivity index (χ3n) is 3.56. The molecule has 0 aliphatic carbocycles. The van der Waals surface area contributed by atoms with Gasteiger partial charge >= 0.3 is 0 Å². The van der Waals surface area contributed by atoms with Crippen molar-refractivity contribution in [2.75, 3.05) is 0 Å². The molecule has 0 saturated carbocycles. The van der Waals surface area contributed by atoms with E-state index in [4.69, 9.17) is 5.73 Å². The fourth-order valence-electron chi connectivity index (χ4n) is 2.33. The molecule has 0 spiro atoms. The van der Waals surface area contributed by atoms with Gasteiger partial charge in [-0.15, -0.1) is 12.4 Å². The minimum Gasteiger partial charge on any atom is -0.324 e. The van der Waals surface area contributed by atoms with Gasteiger partial charge in [-0.3, -0.25) is 0 Å². The monoisotopic (exact) mass is 289 g/mol. The van der Waals surface area contributed by atoms with Gasteiger partial charge in [-0.1, -0.05) is 80.8 Å². The van der Waals surface area contributed by atoms with Gasteiger partial charge in [0.05, 0.1) is 0 Å². The van der Waals surface area contributed by atoms with Crippen LogP contribution in [-0.2, 0) is 0 Å². The summed E-state index contributed by atoms with van der Waals surface area (Å²) in [5.74, 6) is 0. The summed E-state index contributed by atoms with van der Waals surface area (Å²) in [7, 11) is 0. The molecule has 1 atom stereocenters. The lowest BCUT2D eigenvalue weighted by Crippen LogP contribution is -2.09. The van der Waals surface area contributed by atoms with Gasteiger partial charge < -0.3 is 5.73 Å². The van der Waals surface area contributed by atoms with E-state index >= 15 is 0 Å².